The average molecular weight is 438 g/mol. The Morgan fingerprint density at radius 3 is 2.07 bits per heavy atom. The van der Waals surface area contributed by atoms with Crippen LogP contribution in [0, 0.1) is 13.8 Å². The van der Waals surface area contributed by atoms with E-state index in [0.717, 1.165) is 15.9 Å². The third-order valence-corrected chi connectivity index (χ3v) is 5.05. The van der Waals surface area contributed by atoms with Gasteiger partial charge >= 0.3 is 11.9 Å². The fraction of sp³-hybridized carbons (Fsp3) is 0.333. The van der Waals surface area contributed by atoms with Crippen LogP contribution in [0.5, 0.6) is 0 Å². The Morgan fingerprint density at radius 2 is 1.63 bits per heavy atom. The van der Waals surface area contributed by atoms with Crippen molar-refractivity contribution in [1.29, 1.82) is 0 Å². The number of carbonyl (C=O) groups is 3. The quantitative estimate of drug-likeness (QED) is 0.697. The van der Waals surface area contributed by atoms with Crippen molar-refractivity contribution in [2.75, 3.05) is 19.5 Å². The number of esters is 2. The molecule has 0 aliphatic carbocycles. The van der Waals surface area contributed by atoms with Gasteiger partial charge in [-0.25, -0.2) is 9.59 Å². The molecule has 144 valence electrons. The van der Waals surface area contributed by atoms with Gasteiger partial charge in [0.25, 0.3) is 0 Å². The lowest BCUT2D eigenvalue weighted by molar-refractivity contribution is -0.116. The Balaban J connectivity index is 2.14. The number of hydrogen-bond donors (Lipinski definition) is 1. The molecule has 0 bridgehead atoms. The first-order valence-electron chi connectivity index (χ1n) is 8.08. The normalized spacial score (nSPS) is 10.4. The zero-order valence-corrected chi connectivity index (χ0v) is 17.0. The second-order valence-electron chi connectivity index (χ2n) is 5.79. The molecule has 1 N–H and O–H groups in total. The van der Waals surface area contributed by atoms with Gasteiger partial charge in [-0.2, -0.15) is 5.10 Å². The van der Waals surface area contributed by atoms with Crippen LogP contribution in [0.25, 0.3) is 0 Å². The summed E-state index contributed by atoms with van der Waals surface area (Å²) in [6.07, 6.45) is 0.171. The molecule has 0 spiro atoms. The monoisotopic (exact) mass is 437 g/mol. The number of ether oxygens (including phenoxy) is 2. The molecule has 0 aliphatic heterocycles. The third kappa shape index (κ3) is 4.94. The van der Waals surface area contributed by atoms with Crippen LogP contribution in [0.4, 0.5) is 5.69 Å². The minimum atomic E-state index is -0.622. The summed E-state index contributed by atoms with van der Waals surface area (Å²) in [6, 6.07) is 4.23. The summed E-state index contributed by atoms with van der Waals surface area (Å²) in [7, 11) is 2.47. The van der Waals surface area contributed by atoms with Crippen molar-refractivity contribution in [1.82, 2.24) is 9.78 Å². The molecule has 0 radical (unpaired) electrons. The van der Waals surface area contributed by atoms with E-state index in [9.17, 15) is 14.4 Å². The predicted molar refractivity (Wildman–Crippen MR) is 102 cm³/mol. The molecule has 1 heterocycles. The second-order valence-corrected chi connectivity index (χ2v) is 6.58. The molecule has 0 aliphatic rings. The molecule has 2 rings (SSSR count). The van der Waals surface area contributed by atoms with Crippen LogP contribution in [0.15, 0.2) is 22.7 Å². The van der Waals surface area contributed by atoms with E-state index < -0.39 is 11.9 Å². The van der Waals surface area contributed by atoms with Gasteiger partial charge in [0.05, 0.1) is 42.1 Å². The van der Waals surface area contributed by atoms with E-state index in [-0.39, 0.29) is 23.5 Å². The molecular weight excluding hydrogens is 418 g/mol. The van der Waals surface area contributed by atoms with Crippen LogP contribution in [0.2, 0.25) is 0 Å². The van der Waals surface area contributed by atoms with Crippen LogP contribution < -0.4 is 5.32 Å². The van der Waals surface area contributed by atoms with E-state index in [0.29, 0.717) is 12.2 Å². The van der Waals surface area contributed by atoms with E-state index >= 15 is 0 Å². The highest BCUT2D eigenvalue weighted by atomic mass is 79.9. The van der Waals surface area contributed by atoms with Crippen molar-refractivity contribution in [3.63, 3.8) is 0 Å². The summed E-state index contributed by atoms with van der Waals surface area (Å²) in [5.41, 5.74) is 2.36. The Hall–Kier alpha value is -2.68. The minimum Gasteiger partial charge on any atom is -0.465 e. The van der Waals surface area contributed by atoms with Gasteiger partial charge in [0, 0.05) is 17.8 Å². The highest BCUT2D eigenvalue weighted by Crippen LogP contribution is 2.20. The number of rotatable bonds is 6. The summed E-state index contributed by atoms with van der Waals surface area (Å²) >= 11 is 3.45. The van der Waals surface area contributed by atoms with Gasteiger partial charge < -0.3 is 14.8 Å². The molecule has 0 unspecified atom stereocenters. The smallest absolute Gasteiger partial charge is 0.337 e. The first kappa shape index (κ1) is 20.6. The van der Waals surface area contributed by atoms with Gasteiger partial charge in [-0.3, -0.25) is 9.48 Å². The summed E-state index contributed by atoms with van der Waals surface area (Å²) in [5.74, 6) is -1.52. The van der Waals surface area contributed by atoms with Crippen LogP contribution >= 0.6 is 15.9 Å². The fourth-order valence-corrected chi connectivity index (χ4v) is 2.78. The maximum atomic E-state index is 12.3. The van der Waals surface area contributed by atoms with Gasteiger partial charge in [0.15, 0.2) is 0 Å². The van der Waals surface area contributed by atoms with Crippen LogP contribution in [-0.2, 0) is 20.8 Å². The highest BCUT2D eigenvalue weighted by Gasteiger charge is 2.15. The van der Waals surface area contributed by atoms with Gasteiger partial charge in [-0.15, -0.1) is 0 Å². The lowest BCUT2D eigenvalue weighted by atomic mass is 10.1. The fourth-order valence-electron chi connectivity index (χ4n) is 2.49. The number of benzene rings is 1. The molecule has 0 atom stereocenters. The summed E-state index contributed by atoms with van der Waals surface area (Å²) in [4.78, 5) is 35.9. The SMILES string of the molecule is COC(=O)c1cc(NC(=O)CCn2nc(C)c(Br)c2C)cc(C(=O)OC)c1. The predicted octanol–water partition coefficient (Wildman–Crippen LogP) is 2.86. The van der Waals surface area contributed by atoms with Crippen molar-refractivity contribution in [2.24, 2.45) is 0 Å². The van der Waals surface area contributed by atoms with E-state index in [2.05, 4.69) is 35.8 Å². The number of hydrogen-bond acceptors (Lipinski definition) is 6. The van der Waals surface area contributed by atoms with Crippen molar-refractivity contribution in [2.45, 2.75) is 26.8 Å². The molecule has 8 nitrogen and oxygen atoms in total. The van der Waals surface area contributed by atoms with Crippen molar-refractivity contribution in [3.8, 4) is 0 Å². The first-order chi connectivity index (χ1) is 12.8. The Morgan fingerprint density at radius 1 is 1.07 bits per heavy atom. The number of nitrogens with one attached hydrogen (secondary N) is 1. The van der Waals surface area contributed by atoms with Crippen LogP contribution in [0.3, 0.4) is 0 Å². The molecule has 0 saturated carbocycles. The van der Waals surface area contributed by atoms with Crippen molar-refractivity contribution in [3.05, 3.63) is 45.2 Å². The van der Waals surface area contributed by atoms with Gasteiger partial charge in [0.2, 0.25) is 5.91 Å². The van der Waals surface area contributed by atoms with E-state index in [1.807, 2.05) is 13.8 Å². The molecule has 1 amide bonds. The van der Waals surface area contributed by atoms with Gasteiger partial charge in [-0.1, -0.05) is 0 Å². The van der Waals surface area contributed by atoms with Gasteiger partial charge in [-0.05, 0) is 48.0 Å². The van der Waals surface area contributed by atoms with E-state index in [1.54, 1.807) is 4.68 Å². The third-order valence-electron chi connectivity index (χ3n) is 3.90. The van der Waals surface area contributed by atoms with Crippen LogP contribution in [-0.4, -0.2) is 41.8 Å². The maximum absolute atomic E-state index is 12.3. The minimum absolute atomic E-state index is 0.137. The number of amides is 1. The molecular formula is C18H20BrN3O5. The first-order valence-corrected chi connectivity index (χ1v) is 8.87. The number of nitrogens with zero attached hydrogens (tertiary/aromatic N) is 2. The highest BCUT2D eigenvalue weighted by molar-refractivity contribution is 9.10. The largest absolute Gasteiger partial charge is 0.465 e. The molecule has 9 heteroatoms. The van der Waals surface area contributed by atoms with E-state index in [1.165, 1.54) is 32.4 Å². The zero-order valence-electron chi connectivity index (χ0n) is 15.5. The number of anilines is 1. The lowest BCUT2D eigenvalue weighted by Gasteiger charge is -2.10. The lowest BCUT2D eigenvalue weighted by Crippen LogP contribution is -2.17. The molecule has 2 aromatic rings. The zero-order chi connectivity index (χ0) is 20.1. The Kier molecular flexibility index (Phi) is 6.73. The topological polar surface area (TPSA) is 99.5 Å². The Labute approximate surface area is 165 Å². The number of aryl methyl sites for hydroxylation is 2. The molecule has 0 fully saturated rings. The standard InChI is InChI=1S/C18H20BrN3O5/c1-10-16(19)11(2)22(21-10)6-5-15(23)20-14-8-12(17(24)26-3)7-13(9-14)18(25)27-4/h7-9H,5-6H2,1-4H3,(H,20,23). The number of aromatic nitrogens is 2. The molecule has 27 heavy (non-hydrogen) atoms. The Bertz CT molecular complexity index is 857. The number of halogens is 1. The summed E-state index contributed by atoms with van der Waals surface area (Å²) < 4.78 is 12.0. The molecule has 1 aromatic heterocycles. The van der Waals surface area contributed by atoms with E-state index in [4.69, 9.17) is 0 Å². The molecule has 1 aromatic carbocycles. The van der Waals surface area contributed by atoms with Crippen molar-refractivity contribution >= 4 is 39.5 Å². The summed E-state index contributed by atoms with van der Waals surface area (Å²) in [5, 5.41) is 7.04. The molecule has 0 saturated heterocycles. The number of carbonyl (C=O) groups excluding carboxylic acids is 3. The van der Waals surface area contributed by atoms with Gasteiger partial charge in [0.1, 0.15) is 0 Å². The maximum Gasteiger partial charge on any atom is 0.337 e. The number of methoxy groups -OCH3 is 2. The van der Waals surface area contributed by atoms with Crippen molar-refractivity contribution < 1.29 is 23.9 Å². The van der Waals surface area contributed by atoms with Crippen LogP contribution in [0.1, 0.15) is 38.5 Å². The second kappa shape index (κ2) is 8.81. The summed E-state index contributed by atoms with van der Waals surface area (Å²) in [6.45, 7) is 4.18. The average Bonchev–Trinajstić information content (AvgIpc) is 2.91.